The van der Waals surface area contributed by atoms with Crippen LogP contribution in [-0.2, 0) is 9.53 Å². The number of aliphatic hydroxyl groups is 1. The first-order chi connectivity index (χ1) is 13.4. The molecule has 2 aromatic carbocycles. The zero-order chi connectivity index (χ0) is 20.3. The Morgan fingerprint density at radius 2 is 2.00 bits per heavy atom. The van der Waals surface area contributed by atoms with E-state index in [0.29, 0.717) is 10.7 Å². The first-order valence-electron chi connectivity index (χ1n) is 8.26. The van der Waals surface area contributed by atoms with Gasteiger partial charge in [-0.25, -0.2) is 9.79 Å². The molecule has 0 unspecified atom stereocenters. The summed E-state index contributed by atoms with van der Waals surface area (Å²) in [6.45, 7) is 1.80. The summed E-state index contributed by atoms with van der Waals surface area (Å²) in [6.07, 6.45) is 1.45. The molecule has 1 aliphatic rings. The van der Waals surface area contributed by atoms with E-state index in [1.807, 2.05) is 0 Å². The molecule has 3 N–H and O–H groups in total. The van der Waals surface area contributed by atoms with Gasteiger partial charge in [0.15, 0.2) is 0 Å². The first-order valence-corrected chi connectivity index (χ1v) is 9.45. The summed E-state index contributed by atoms with van der Waals surface area (Å²) in [6, 6.07) is 10.8. The lowest BCUT2D eigenvalue weighted by Gasteiger charge is -2.04. The van der Waals surface area contributed by atoms with Crippen LogP contribution in [0.15, 0.2) is 63.7 Å². The maximum atomic E-state index is 12.4. The van der Waals surface area contributed by atoms with Gasteiger partial charge in [0.2, 0.25) is 0 Å². The van der Waals surface area contributed by atoms with E-state index in [2.05, 4.69) is 4.99 Å². The van der Waals surface area contributed by atoms with Crippen molar-refractivity contribution in [1.82, 2.24) is 0 Å². The number of hydrogen-bond acceptors (Lipinski definition) is 7. The molecule has 0 saturated heterocycles. The van der Waals surface area contributed by atoms with Crippen LogP contribution in [0.3, 0.4) is 0 Å². The van der Waals surface area contributed by atoms with E-state index in [0.717, 1.165) is 11.8 Å². The lowest BCUT2D eigenvalue weighted by atomic mass is 10.1. The van der Waals surface area contributed by atoms with Crippen LogP contribution in [0.5, 0.6) is 11.5 Å². The van der Waals surface area contributed by atoms with Crippen LogP contribution in [0, 0.1) is 0 Å². The number of aliphatic imine (C=N–C) groups is 1. The Labute approximate surface area is 170 Å². The lowest BCUT2D eigenvalue weighted by Crippen LogP contribution is -2.12. The molecule has 0 bridgehead atoms. The fourth-order valence-corrected chi connectivity index (χ4v) is 3.66. The zero-order valence-corrected chi connectivity index (χ0v) is 16.3. The number of esters is 1. The molecule has 2 aromatic rings. The number of phenols is 2. The molecule has 0 radical (unpaired) electrons. The molecular weight excluding hydrogens is 402 g/mol. The first kappa shape index (κ1) is 19.9. The third-order valence-corrected chi connectivity index (χ3v) is 4.96. The molecule has 0 atom stereocenters. The van der Waals surface area contributed by atoms with Gasteiger partial charge in [0.05, 0.1) is 17.2 Å². The van der Waals surface area contributed by atoms with Gasteiger partial charge in [-0.2, -0.15) is 0 Å². The Kier molecular flexibility index (Phi) is 5.96. The highest BCUT2D eigenvalue weighted by atomic mass is 35.5. The number of aliphatic hydroxyl groups excluding tert-OH is 1. The molecule has 0 amide bonds. The van der Waals surface area contributed by atoms with E-state index in [4.69, 9.17) is 16.3 Å². The minimum absolute atomic E-state index is 0.0467. The van der Waals surface area contributed by atoms with Gasteiger partial charge in [-0.3, -0.25) is 0 Å². The number of hydrogen-bond donors (Lipinski definition) is 3. The zero-order valence-electron chi connectivity index (χ0n) is 14.7. The highest BCUT2D eigenvalue weighted by Crippen LogP contribution is 2.41. The molecular formula is C20H16ClNO5S. The monoisotopic (exact) mass is 417 g/mol. The summed E-state index contributed by atoms with van der Waals surface area (Å²) in [4.78, 5) is 17.1. The van der Waals surface area contributed by atoms with Gasteiger partial charge < -0.3 is 20.1 Å². The third-order valence-electron chi connectivity index (χ3n) is 3.71. The van der Waals surface area contributed by atoms with Crippen LogP contribution >= 0.6 is 23.4 Å². The van der Waals surface area contributed by atoms with E-state index in [-0.39, 0.29) is 45.0 Å². The van der Waals surface area contributed by atoms with Gasteiger partial charge in [0.1, 0.15) is 27.9 Å². The van der Waals surface area contributed by atoms with Crippen molar-refractivity contribution in [3.63, 3.8) is 0 Å². The van der Waals surface area contributed by atoms with Crippen LogP contribution in [-0.4, -0.2) is 32.9 Å². The number of benzene rings is 2. The highest BCUT2D eigenvalue weighted by molar-refractivity contribution is 8.18. The van der Waals surface area contributed by atoms with Crippen LogP contribution in [0.25, 0.3) is 6.08 Å². The molecule has 0 fully saturated rings. The Morgan fingerprint density at radius 3 is 2.71 bits per heavy atom. The SMILES string of the molecule is CCOC(=O)C1=C(O)/C(=C\c2cc(O)ccc2O)SC1=Nc1cccc(Cl)c1. The quantitative estimate of drug-likeness (QED) is 0.481. The van der Waals surface area contributed by atoms with Gasteiger partial charge in [-0.1, -0.05) is 29.4 Å². The lowest BCUT2D eigenvalue weighted by molar-refractivity contribution is -0.138. The van der Waals surface area contributed by atoms with Gasteiger partial charge in [0, 0.05) is 10.6 Å². The van der Waals surface area contributed by atoms with Crippen molar-refractivity contribution in [3.05, 3.63) is 69.3 Å². The van der Waals surface area contributed by atoms with Crippen LogP contribution < -0.4 is 0 Å². The molecule has 144 valence electrons. The average Bonchev–Trinajstić information content (AvgIpc) is 2.93. The molecule has 0 aliphatic carbocycles. The van der Waals surface area contributed by atoms with Crippen molar-refractivity contribution >= 4 is 46.1 Å². The number of nitrogens with zero attached hydrogens (tertiary/aromatic N) is 1. The molecule has 1 aliphatic heterocycles. The third kappa shape index (κ3) is 4.32. The second-order valence-corrected chi connectivity index (χ2v) is 7.16. The predicted octanol–water partition coefficient (Wildman–Crippen LogP) is 4.94. The summed E-state index contributed by atoms with van der Waals surface area (Å²) < 4.78 is 5.04. The van der Waals surface area contributed by atoms with Crippen LogP contribution in [0.1, 0.15) is 12.5 Å². The molecule has 0 spiro atoms. The summed E-state index contributed by atoms with van der Waals surface area (Å²) in [5.41, 5.74) is 0.713. The number of ether oxygens (including phenoxy) is 1. The number of carbonyl (C=O) groups excluding carboxylic acids is 1. The van der Waals surface area contributed by atoms with Crippen molar-refractivity contribution in [2.75, 3.05) is 6.61 Å². The Hall–Kier alpha value is -2.90. The molecule has 0 saturated carbocycles. The minimum atomic E-state index is -0.711. The normalized spacial score (nSPS) is 16.8. The Morgan fingerprint density at radius 1 is 1.21 bits per heavy atom. The van der Waals surface area contributed by atoms with E-state index < -0.39 is 5.97 Å². The van der Waals surface area contributed by atoms with Gasteiger partial charge in [-0.05, 0) is 49.4 Å². The Bertz CT molecular complexity index is 1030. The van der Waals surface area contributed by atoms with Crippen molar-refractivity contribution in [1.29, 1.82) is 0 Å². The second kappa shape index (κ2) is 8.41. The van der Waals surface area contributed by atoms with Gasteiger partial charge >= 0.3 is 5.97 Å². The number of aromatic hydroxyl groups is 2. The fraction of sp³-hybridized carbons (Fsp3) is 0.100. The molecule has 3 rings (SSSR count). The molecule has 6 nitrogen and oxygen atoms in total. The van der Waals surface area contributed by atoms with E-state index >= 15 is 0 Å². The summed E-state index contributed by atoms with van der Waals surface area (Å²) in [7, 11) is 0. The maximum Gasteiger partial charge on any atom is 0.344 e. The molecule has 0 aromatic heterocycles. The number of phenolic OH excluding ortho intramolecular Hbond substituents is 2. The average molecular weight is 418 g/mol. The topological polar surface area (TPSA) is 99.4 Å². The van der Waals surface area contributed by atoms with Crippen molar-refractivity contribution in [3.8, 4) is 11.5 Å². The second-order valence-electron chi connectivity index (χ2n) is 5.69. The number of carbonyl (C=O) groups is 1. The van der Waals surface area contributed by atoms with E-state index in [1.165, 1.54) is 24.3 Å². The molecule has 1 heterocycles. The van der Waals surface area contributed by atoms with Crippen molar-refractivity contribution < 1.29 is 24.9 Å². The maximum absolute atomic E-state index is 12.4. The highest BCUT2D eigenvalue weighted by Gasteiger charge is 2.33. The van der Waals surface area contributed by atoms with Crippen LogP contribution in [0.4, 0.5) is 5.69 Å². The Balaban J connectivity index is 2.08. The predicted molar refractivity (Wildman–Crippen MR) is 110 cm³/mol. The van der Waals surface area contributed by atoms with Gasteiger partial charge in [-0.15, -0.1) is 0 Å². The smallest absolute Gasteiger partial charge is 0.344 e. The van der Waals surface area contributed by atoms with E-state index in [9.17, 15) is 20.1 Å². The van der Waals surface area contributed by atoms with Crippen molar-refractivity contribution in [2.45, 2.75) is 6.92 Å². The minimum Gasteiger partial charge on any atom is -0.508 e. The van der Waals surface area contributed by atoms with Crippen LogP contribution in [0.2, 0.25) is 5.02 Å². The summed E-state index contributed by atoms with van der Waals surface area (Å²) >= 11 is 7.03. The number of thioether (sulfide) groups is 1. The summed E-state index contributed by atoms with van der Waals surface area (Å²) in [5, 5.41) is 30.9. The summed E-state index contributed by atoms with van der Waals surface area (Å²) in [5.74, 6) is -1.16. The molecule has 8 heteroatoms. The standard InChI is InChI=1S/C20H16ClNO5S/c1-2-27-20(26)17-18(25)16(9-11-8-14(23)6-7-15(11)24)28-19(17)22-13-5-3-4-12(21)10-13/h3-10,23-25H,2H2,1H3/b16-9+,22-19?. The van der Waals surface area contributed by atoms with Gasteiger partial charge in [0.25, 0.3) is 0 Å². The number of halogens is 1. The fourth-order valence-electron chi connectivity index (χ4n) is 2.45. The largest absolute Gasteiger partial charge is 0.508 e. The number of rotatable bonds is 4. The van der Waals surface area contributed by atoms with E-state index in [1.54, 1.807) is 31.2 Å². The van der Waals surface area contributed by atoms with Crippen molar-refractivity contribution in [2.24, 2.45) is 4.99 Å². The molecule has 28 heavy (non-hydrogen) atoms.